The summed E-state index contributed by atoms with van der Waals surface area (Å²) in [5, 5.41) is 7.27. The van der Waals surface area contributed by atoms with Gasteiger partial charge in [-0.15, -0.1) is 23.7 Å². The number of nitrogens with one attached hydrogen (secondary N) is 2. The van der Waals surface area contributed by atoms with Gasteiger partial charge < -0.3 is 26.0 Å². The second-order valence-corrected chi connectivity index (χ2v) is 7.41. The summed E-state index contributed by atoms with van der Waals surface area (Å²) in [4.78, 5) is 49.7. The highest BCUT2D eigenvalue weighted by Gasteiger charge is 2.36. The number of hydrogen-bond donors (Lipinski definition) is 3. The Morgan fingerprint density at radius 1 is 1.39 bits per heavy atom. The Labute approximate surface area is 173 Å². The molecule has 3 amide bonds. The first-order valence-corrected chi connectivity index (χ1v) is 9.44. The van der Waals surface area contributed by atoms with Crippen molar-refractivity contribution in [2.75, 3.05) is 25.1 Å². The normalized spacial score (nSPS) is 17.1. The van der Waals surface area contributed by atoms with Crippen LogP contribution >= 0.6 is 23.7 Å². The molecule has 1 saturated heterocycles. The highest BCUT2D eigenvalue weighted by Crippen LogP contribution is 2.31. The maximum Gasteiger partial charge on any atom is 0.340 e. The van der Waals surface area contributed by atoms with Gasteiger partial charge in [-0.25, -0.2) is 4.79 Å². The summed E-state index contributed by atoms with van der Waals surface area (Å²) in [5.74, 6) is -1.76. The van der Waals surface area contributed by atoms with Crippen molar-refractivity contribution in [3.63, 3.8) is 0 Å². The van der Waals surface area contributed by atoms with Crippen molar-refractivity contribution in [3.8, 4) is 0 Å². The maximum atomic E-state index is 12.6. The number of amides is 3. The zero-order valence-corrected chi connectivity index (χ0v) is 17.5. The lowest BCUT2D eigenvalue weighted by Crippen LogP contribution is -2.49. The molecule has 4 N–H and O–H groups in total. The number of esters is 1. The molecule has 2 atom stereocenters. The number of hydrogen-bond acceptors (Lipinski definition) is 7. The van der Waals surface area contributed by atoms with E-state index < -0.39 is 29.9 Å². The topological polar surface area (TPSA) is 131 Å². The summed E-state index contributed by atoms with van der Waals surface area (Å²) in [5.41, 5.74) is 6.03. The van der Waals surface area contributed by atoms with Gasteiger partial charge in [-0.3, -0.25) is 14.4 Å². The lowest BCUT2D eigenvalue weighted by molar-refractivity contribution is -0.128. The second-order valence-electron chi connectivity index (χ2n) is 6.52. The summed E-state index contributed by atoms with van der Waals surface area (Å²) in [6, 6.07) is 0.191. The molecular formula is C17H25ClN4O5S. The van der Waals surface area contributed by atoms with E-state index in [9.17, 15) is 19.2 Å². The predicted octanol–water partition coefficient (Wildman–Crippen LogP) is 0.278. The first-order chi connectivity index (χ1) is 12.8. The molecule has 156 valence electrons. The van der Waals surface area contributed by atoms with Gasteiger partial charge in [0.05, 0.1) is 25.3 Å². The predicted molar refractivity (Wildman–Crippen MR) is 108 cm³/mol. The van der Waals surface area contributed by atoms with Crippen LogP contribution < -0.4 is 21.3 Å². The van der Waals surface area contributed by atoms with Crippen molar-refractivity contribution in [1.82, 2.24) is 10.6 Å². The average molecular weight is 433 g/mol. The number of halogens is 1. The molecular weight excluding hydrogens is 408 g/mol. The van der Waals surface area contributed by atoms with Gasteiger partial charge in [0.25, 0.3) is 0 Å². The van der Waals surface area contributed by atoms with E-state index in [0.29, 0.717) is 23.5 Å². The highest BCUT2D eigenvalue weighted by atomic mass is 35.5. The third-order valence-corrected chi connectivity index (χ3v) is 5.22. The Kier molecular flexibility index (Phi) is 8.86. The van der Waals surface area contributed by atoms with Gasteiger partial charge in [0.1, 0.15) is 11.0 Å². The van der Waals surface area contributed by atoms with Crippen LogP contribution in [0.5, 0.6) is 0 Å². The Hall–Kier alpha value is -2.17. The Bertz CT molecular complexity index is 739. The second kappa shape index (κ2) is 10.4. The molecule has 0 bridgehead atoms. The fraction of sp³-hybridized carbons (Fsp3) is 0.529. The van der Waals surface area contributed by atoms with E-state index in [1.54, 1.807) is 11.4 Å². The molecule has 1 fully saturated rings. The smallest absolute Gasteiger partial charge is 0.340 e. The van der Waals surface area contributed by atoms with Crippen molar-refractivity contribution >= 4 is 52.4 Å². The minimum absolute atomic E-state index is 0. The maximum absolute atomic E-state index is 12.6. The number of nitrogens with two attached hydrogens (primary N) is 1. The molecule has 1 aromatic heterocycles. The quantitative estimate of drug-likeness (QED) is 0.530. The number of methoxy groups -OCH3 is 1. The fourth-order valence-electron chi connectivity index (χ4n) is 2.62. The Morgan fingerprint density at radius 3 is 2.68 bits per heavy atom. The molecule has 1 aliphatic rings. The van der Waals surface area contributed by atoms with E-state index in [1.165, 1.54) is 23.3 Å². The monoisotopic (exact) mass is 432 g/mol. The standard InChI is InChI=1S/C17H24N4O5S.ClH/c1-9(2)13(18)14(23)19-8-12(22)20-11-4-6-21(15(11)24)16-10(5-7-27-16)17(25)26-3;/h5,7,9,11,13H,4,6,8,18H2,1-3H3,(H,19,23)(H,20,22);1H/t11?,13-;/m0./s1. The zero-order chi connectivity index (χ0) is 20.1. The van der Waals surface area contributed by atoms with Crippen LogP contribution in [0.3, 0.4) is 0 Å². The van der Waals surface area contributed by atoms with E-state index >= 15 is 0 Å². The van der Waals surface area contributed by atoms with Gasteiger partial charge in [-0.1, -0.05) is 13.8 Å². The van der Waals surface area contributed by atoms with Crippen molar-refractivity contribution in [2.45, 2.75) is 32.4 Å². The molecule has 11 heteroatoms. The number of ether oxygens (including phenoxy) is 1. The number of carbonyl (C=O) groups is 4. The van der Waals surface area contributed by atoms with Gasteiger partial charge in [0.2, 0.25) is 17.7 Å². The van der Waals surface area contributed by atoms with Gasteiger partial charge in [-0.2, -0.15) is 0 Å². The zero-order valence-electron chi connectivity index (χ0n) is 15.9. The first kappa shape index (κ1) is 23.9. The SMILES string of the molecule is COC(=O)c1ccsc1N1CCC(NC(=O)CNC(=O)[C@@H](N)C(C)C)C1=O.Cl. The van der Waals surface area contributed by atoms with E-state index in [0.717, 1.165) is 0 Å². The van der Waals surface area contributed by atoms with Gasteiger partial charge in [0.15, 0.2) is 0 Å². The van der Waals surface area contributed by atoms with E-state index in [4.69, 9.17) is 10.5 Å². The third-order valence-electron chi connectivity index (χ3n) is 4.28. The first-order valence-electron chi connectivity index (χ1n) is 8.56. The average Bonchev–Trinajstić information content (AvgIpc) is 3.25. The molecule has 1 aliphatic heterocycles. The summed E-state index contributed by atoms with van der Waals surface area (Å²) in [7, 11) is 1.28. The molecule has 1 unspecified atom stereocenters. The van der Waals surface area contributed by atoms with Crippen LogP contribution in [0.2, 0.25) is 0 Å². The number of nitrogens with zero attached hydrogens (tertiary/aromatic N) is 1. The summed E-state index contributed by atoms with van der Waals surface area (Å²) in [6.45, 7) is 3.74. The number of thiophene rings is 1. The van der Waals surface area contributed by atoms with Crippen LogP contribution in [-0.2, 0) is 19.1 Å². The van der Waals surface area contributed by atoms with Gasteiger partial charge in [-0.05, 0) is 23.8 Å². The molecule has 1 aromatic rings. The van der Waals surface area contributed by atoms with E-state index in [2.05, 4.69) is 10.6 Å². The molecule has 0 saturated carbocycles. The Morgan fingerprint density at radius 2 is 2.07 bits per heavy atom. The minimum atomic E-state index is -0.708. The van der Waals surface area contributed by atoms with Crippen LogP contribution in [0.25, 0.3) is 0 Å². The van der Waals surface area contributed by atoms with Crippen LogP contribution in [-0.4, -0.2) is 56.0 Å². The van der Waals surface area contributed by atoms with Gasteiger partial charge in [0, 0.05) is 6.54 Å². The van der Waals surface area contributed by atoms with Crippen LogP contribution in [0.15, 0.2) is 11.4 Å². The summed E-state index contributed by atoms with van der Waals surface area (Å²) >= 11 is 1.26. The van der Waals surface area contributed by atoms with Crippen molar-refractivity contribution in [2.24, 2.45) is 11.7 Å². The molecule has 2 heterocycles. The molecule has 2 rings (SSSR count). The number of carbonyl (C=O) groups excluding carboxylic acids is 4. The van der Waals surface area contributed by atoms with Crippen molar-refractivity contribution in [1.29, 1.82) is 0 Å². The van der Waals surface area contributed by atoms with Gasteiger partial charge >= 0.3 is 5.97 Å². The number of anilines is 1. The minimum Gasteiger partial charge on any atom is -0.465 e. The molecule has 28 heavy (non-hydrogen) atoms. The summed E-state index contributed by atoms with van der Waals surface area (Å²) in [6.07, 6.45) is 0.405. The molecule has 0 spiro atoms. The van der Waals surface area contributed by atoms with Crippen molar-refractivity contribution in [3.05, 3.63) is 17.0 Å². The molecule has 0 aromatic carbocycles. The van der Waals surface area contributed by atoms with E-state index in [-0.39, 0.29) is 30.8 Å². The fourth-order valence-corrected chi connectivity index (χ4v) is 3.54. The Balaban J connectivity index is 0.00000392. The van der Waals surface area contributed by atoms with E-state index in [1.807, 2.05) is 13.8 Å². The van der Waals surface area contributed by atoms with Crippen LogP contribution in [0.1, 0.15) is 30.6 Å². The lowest BCUT2D eigenvalue weighted by Gasteiger charge is -2.18. The largest absolute Gasteiger partial charge is 0.465 e. The van der Waals surface area contributed by atoms with Crippen LogP contribution in [0.4, 0.5) is 5.00 Å². The lowest BCUT2D eigenvalue weighted by atomic mass is 10.1. The third kappa shape index (κ3) is 5.43. The molecule has 0 radical (unpaired) electrons. The number of rotatable bonds is 7. The summed E-state index contributed by atoms with van der Waals surface area (Å²) < 4.78 is 4.72. The molecule has 0 aliphatic carbocycles. The van der Waals surface area contributed by atoms with Crippen molar-refractivity contribution < 1.29 is 23.9 Å². The highest BCUT2D eigenvalue weighted by molar-refractivity contribution is 7.14. The van der Waals surface area contributed by atoms with Crippen LogP contribution in [0, 0.1) is 5.92 Å². The molecule has 9 nitrogen and oxygen atoms in total.